The van der Waals surface area contributed by atoms with Gasteiger partial charge in [-0.1, -0.05) is 12.1 Å². The van der Waals surface area contributed by atoms with E-state index in [-0.39, 0.29) is 28.3 Å². The van der Waals surface area contributed by atoms with Gasteiger partial charge in [-0.15, -0.1) is 0 Å². The molecule has 8 heteroatoms. The van der Waals surface area contributed by atoms with Gasteiger partial charge < -0.3 is 20.2 Å². The predicted molar refractivity (Wildman–Crippen MR) is 90.9 cm³/mol. The highest BCUT2D eigenvalue weighted by molar-refractivity contribution is 6.07. The van der Waals surface area contributed by atoms with Crippen LogP contribution < -0.4 is 11.1 Å². The smallest absolute Gasteiger partial charge is 0.340 e. The van der Waals surface area contributed by atoms with Crippen LogP contribution in [0, 0.1) is 11.3 Å². The number of carbonyl (C=O) groups excluding carboxylic acids is 3. The first-order chi connectivity index (χ1) is 12.4. The Morgan fingerprint density at radius 2 is 1.96 bits per heavy atom. The molecule has 8 nitrogen and oxygen atoms in total. The van der Waals surface area contributed by atoms with E-state index in [0.29, 0.717) is 0 Å². The summed E-state index contributed by atoms with van der Waals surface area (Å²) >= 11 is 0. The van der Waals surface area contributed by atoms with Crippen LogP contribution in [0.4, 0.5) is 5.69 Å². The third-order valence-corrected chi connectivity index (χ3v) is 3.26. The summed E-state index contributed by atoms with van der Waals surface area (Å²) in [6.45, 7) is 0.758. The van der Waals surface area contributed by atoms with E-state index in [1.54, 1.807) is 24.3 Å². The van der Waals surface area contributed by atoms with E-state index in [1.807, 2.05) is 0 Å². The zero-order valence-electron chi connectivity index (χ0n) is 13.8. The number of rotatable bonds is 6. The van der Waals surface area contributed by atoms with Crippen molar-refractivity contribution in [2.75, 3.05) is 11.9 Å². The number of para-hydroxylation sites is 1. The van der Waals surface area contributed by atoms with Crippen molar-refractivity contribution in [1.29, 1.82) is 5.26 Å². The largest absolute Gasteiger partial charge is 0.459 e. The minimum absolute atomic E-state index is 0.0414. The molecule has 0 aliphatic heterocycles. The second-order valence-electron chi connectivity index (χ2n) is 5.15. The van der Waals surface area contributed by atoms with Crippen molar-refractivity contribution in [2.45, 2.75) is 6.92 Å². The van der Waals surface area contributed by atoms with Gasteiger partial charge in [0.25, 0.3) is 5.91 Å². The predicted octanol–water partition coefficient (Wildman–Crippen LogP) is 2.01. The number of benzene rings is 1. The SMILES string of the molecule is C/C(N)=C(\C#N)C(=O)COC(=O)c1ccccc1NC(=O)c1ccco1. The molecule has 2 aromatic rings. The molecular weight excluding hydrogens is 338 g/mol. The summed E-state index contributed by atoms with van der Waals surface area (Å²) in [4.78, 5) is 36.1. The van der Waals surface area contributed by atoms with E-state index >= 15 is 0 Å². The third-order valence-electron chi connectivity index (χ3n) is 3.26. The summed E-state index contributed by atoms with van der Waals surface area (Å²) in [6.07, 6.45) is 1.35. The molecular formula is C18H15N3O5. The number of carbonyl (C=O) groups is 3. The van der Waals surface area contributed by atoms with Crippen LogP contribution in [0.15, 0.2) is 58.3 Å². The quantitative estimate of drug-likeness (QED) is 0.460. The standard InChI is InChI=1S/C18H15N3O5/c1-11(20)13(9-19)15(22)10-26-18(24)12-5-2-3-6-14(12)21-17(23)16-7-4-8-25-16/h2-8H,10,20H2,1H3,(H,21,23)/b13-11-. The van der Waals surface area contributed by atoms with Gasteiger partial charge in [-0.3, -0.25) is 9.59 Å². The monoisotopic (exact) mass is 353 g/mol. The van der Waals surface area contributed by atoms with Gasteiger partial charge in [0.15, 0.2) is 12.4 Å². The molecule has 0 aliphatic rings. The first kappa shape index (κ1) is 18.5. The number of furan rings is 1. The highest BCUT2D eigenvalue weighted by Gasteiger charge is 2.19. The zero-order chi connectivity index (χ0) is 19.1. The van der Waals surface area contributed by atoms with Gasteiger partial charge in [-0.2, -0.15) is 5.26 Å². The Balaban J connectivity index is 2.10. The molecule has 1 heterocycles. The maximum atomic E-state index is 12.2. The topological polar surface area (TPSA) is 135 Å². The molecule has 1 aromatic heterocycles. The number of Topliss-reactive ketones (excluding diaryl/α,β-unsaturated/α-hetero) is 1. The Morgan fingerprint density at radius 3 is 2.58 bits per heavy atom. The molecule has 1 aromatic carbocycles. The number of nitrogens with zero attached hydrogens (tertiary/aromatic N) is 1. The Hall–Kier alpha value is -3.86. The van der Waals surface area contributed by atoms with E-state index < -0.39 is 24.3 Å². The van der Waals surface area contributed by atoms with Gasteiger partial charge in [0.05, 0.1) is 17.5 Å². The van der Waals surface area contributed by atoms with Crippen molar-refractivity contribution in [1.82, 2.24) is 0 Å². The first-order valence-electron chi connectivity index (χ1n) is 7.44. The maximum absolute atomic E-state index is 12.2. The van der Waals surface area contributed by atoms with Crippen LogP contribution in [0.2, 0.25) is 0 Å². The minimum atomic E-state index is -0.833. The van der Waals surface area contributed by atoms with Crippen LogP contribution >= 0.6 is 0 Å². The second-order valence-corrected chi connectivity index (χ2v) is 5.15. The second kappa shape index (κ2) is 8.30. The molecule has 0 aliphatic carbocycles. The number of nitrogens with two attached hydrogens (primary N) is 1. The molecule has 0 radical (unpaired) electrons. The van der Waals surface area contributed by atoms with Gasteiger partial charge in [-0.05, 0) is 31.2 Å². The fourth-order valence-corrected chi connectivity index (χ4v) is 2.01. The van der Waals surface area contributed by atoms with E-state index in [1.165, 1.54) is 31.4 Å². The number of hydrogen-bond acceptors (Lipinski definition) is 7. The number of nitrogens with one attached hydrogen (secondary N) is 1. The van der Waals surface area contributed by atoms with Crippen molar-refractivity contribution < 1.29 is 23.5 Å². The molecule has 1 amide bonds. The summed E-state index contributed by atoms with van der Waals surface area (Å²) in [5.41, 5.74) is 5.45. The van der Waals surface area contributed by atoms with Crippen molar-refractivity contribution in [2.24, 2.45) is 5.73 Å². The van der Waals surface area contributed by atoms with Crippen molar-refractivity contribution in [3.05, 3.63) is 65.3 Å². The average Bonchev–Trinajstić information content (AvgIpc) is 3.15. The minimum Gasteiger partial charge on any atom is -0.459 e. The van der Waals surface area contributed by atoms with Crippen molar-refractivity contribution in [3.63, 3.8) is 0 Å². The lowest BCUT2D eigenvalue weighted by molar-refractivity contribution is -0.118. The summed E-state index contributed by atoms with van der Waals surface area (Å²) in [5.74, 6) is -2.01. The summed E-state index contributed by atoms with van der Waals surface area (Å²) in [6, 6.07) is 10.8. The molecule has 0 saturated carbocycles. The Kier molecular flexibility index (Phi) is 5.90. The van der Waals surface area contributed by atoms with Gasteiger partial charge in [-0.25, -0.2) is 4.79 Å². The summed E-state index contributed by atoms with van der Waals surface area (Å²) in [7, 11) is 0. The number of ether oxygens (including phenoxy) is 1. The van der Waals surface area contributed by atoms with E-state index in [2.05, 4.69) is 5.32 Å². The van der Waals surface area contributed by atoms with Gasteiger partial charge in [0.2, 0.25) is 5.78 Å². The molecule has 0 bridgehead atoms. The molecule has 0 saturated heterocycles. The highest BCUT2D eigenvalue weighted by Crippen LogP contribution is 2.18. The maximum Gasteiger partial charge on any atom is 0.340 e. The highest BCUT2D eigenvalue weighted by atomic mass is 16.5. The van der Waals surface area contributed by atoms with Crippen LogP contribution in [0.1, 0.15) is 27.8 Å². The lowest BCUT2D eigenvalue weighted by Crippen LogP contribution is -2.19. The van der Waals surface area contributed by atoms with Crippen LogP contribution in [0.3, 0.4) is 0 Å². The molecule has 132 valence electrons. The third kappa shape index (κ3) is 4.36. The van der Waals surface area contributed by atoms with Gasteiger partial charge in [0.1, 0.15) is 11.6 Å². The Morgan fingerprint density at radius 1 is 1.23 bits per heavy atom. The van der Waals surface area contributed by atoms with Crippen LogP contribution in [0.5, 0.6) is 0 Å². The van der Waals surface area contributed by atoms with E-state index in [4.69, 9.17) is 20.1 Å². The molecule has 26 heavy (non-hydrogen) atoms. The number of esters is 1. The van der Waals surface area contributed by atoms with Crippen LogP contribution in [-0.4, -0.2) is 24.3 Å². The lowest BCUT2D eigenvalue weighted by atomic mass is 10.1. The number of ketones is 1. The average molecular weight is 353 g/mol. The molecule has 0 atom stereocenters. The Bertz CT molecular complexity index is 903. The molecule has 2 rings (SSSR count). The number of anilines is 1. The van der Waals surface area contributed by atoms with Crippen molar-refractivity contribution >= 4 is 23.3 Å². The summed E-state index contributed by atoms with van der Waals surface area (Å²) < 4.78 is 9.92. The van der Waals surface area contributed by atoms with Gasteiger partial charge in [0, 0.05) is 5.70 Å². The lowest BCUT2D eigenvalue weighted by Gasteiger charge is -2.10. The molecule has 0 fully saturated rings. The van der Waals surface area contributed by atoms with Gasteiger partial charge >= 0.3 is 5.97 Å². The van der Waals surface area contributed by atoms with E-state index in [0.717, 1.165) is 0 Å². The fraction of sp³-hybridized carbons (Fsp3) is 0.111. The van der Waals surface area contributed by atoms with Crippen LogP contribution in [-0.2, 0) is 9.53 Å². The molecule has 0 spiro atoms. The van der Waals surface area contributed by atoms with E-state index in [9.17, 15) is 14.4 Å². The fourth-order valence-electron chi connectivity index (χ4n) is 2.01. The number of hydrogen-bond donors (Lipinski definition) is 2. The molecule has 3 N–H and O–H groups in total. The zero-order valence-corrected chi connectivity index (χ0v) is 13.8. The number of allylic oxidation sites excluding steroid dienone is 1. The van der Waals surface area contributed by atoms with Crippen molar-refractivity contribution in [3.8, 4) is 6.07 Å². The number of amides is 1. The normalized spacial score (nSPS) is 11.1. The molecule has 0 unspecified atom stereocenters. The number of nitriles is 1. The summed E-state index contributed by atoms with van der Waals surface area (Å²) in [5, 5.41) is 11.4. The Labute approximate surface area is 148 Å². The first-order valence-corrected chi connectivity index (χ1v) is 7.44. The van der Waals surface area contributed by atoms with Crippen LogP contribution in [0.25, 0.3) is 0 Å².